The molecule has 41 heavy (non-hydrogen) atoms. The predicted molar refractivity (Wildman–Crippen MR) is 169 cm³/mol. The Bertz CT molecular complexity index is 1800. The van der Waals surface area contributed by atoms with Crippen molar-refractivity contribution >= 4 is 45.1 Å². The molecule has 0 aromatic carbocycles. The maximum atomic E-state index is 16.1. The predicted octanol–water partition coefficient (Wildman–Crippen LogP) is 8.68. The van der Waals surface area contributed by atoms with E-state index in [9.17, 15) is 0 Å². The Morgan fingerprint density at radius 3 is 2.59 bits per heavy atom. The minimum absolute atomic E-state index is 0.237. The van der Waals surface area contributed by atoms with Gasteiger partial charge in [-0.2, -0.15) is 5.10 Å². The van der Waals surface area contributed by atoms with Crippen LogP contribution in [0.25, 0.3) is 43.9 Å². The second-order valence-corrected chi connectivity index (χ2v) is 11.5. The van der Waals surface area contributed by atoms with Crippen LogP contribution in [0.5, 0.6) is 0 Å². The second-order valence-electron chi connectivity index (χ2n) is 10.5. The van der Waals surface area contributed by atoms with Gasteiger partial charge in [0.25, 0.3) is 0 Å². The highest BCUT2D eigenvalue weighted by Gasteiger charge is 2.20. The standard InChI is InChI=1S/C32H32FN7S/c1-17(2)12-19(5)37-23-13-22(14-34-15-23)25-16-36-32-28(29(25)33)30(39-40-32)21(7)38-31-20(6)24(10-11-35-31)27-9-8-26(41-27)18(3)4/h8-11,13-17,37H,3,5,7,12H2,1-2,4,6H3,(H,35,38)(H,36,39,40). The first-order valence-corrected chi connectivity index (χ1v) is 14.0. The molecule has 0 bridgehead atoms. The molecule has 0 amide bonds. The largest absolute Gasteiger partial charge is 0.358 e. The first kappa shape index (κ1) is 27.9. The highest BCUT2D eigenvalue weighted by atomic mass is 32.1. The van der Waals surface area contributed by atoms with Gasteiger partial charge in [-0.15, -0.1) is 11.3 Å². The van der Waals surface area contributed by atoms with Crippen molar-refractivity contribution in [2.75, 3.05) is 10.6 Å². The molecule has 0 unspecified atom stereocenters. The number of hydrogen-bond donors (Lipinski definition) is 3. The molecular weight excluding hydrogens is 533 g/mol. The van der Waals surface area contributed by atoms with E-state index in [1.807, 2.05) is 26.0 Å². The molecule has 0 aliphatic rings. The van der Waals surface area contributed by atoms with Crippen LogP contribution < -0.4 is 10.6 Å². The first-order valence-electron chi connectivity index (χ1n) is 13.2. The fourth-order valence-electron chi connectivity index (χ4n) is 4.62. The van der Waals surface area contributed by atoms with E-state index in [0.29, 0.717) is 34.3 Å². The van der Waals surface area contributed by atoms with Crippen LogP contribution in [0.3, 0.4) is 0 Å². The van der Waals surface area contributed by atoms with Gasteiger partial charge in [-0.3, -0.25) is 10.1 Å². The van der Waals surface area contributed by atoms with Gasteiger partial charge in [0, 0.05) is 50.7 Å². The van der Waals surface area contributed by atoms with Gasteiger partial charge in [-0.25, -0.2) is 14.4 Å². The molecule has 3 N–H and O–H groups in total. The summed E-state index contributed by atoms with van der Waals surface area (Å²) in [5.74, 6) is 0.614. The Balaban J connectivity index is 1.45. The van der Waals surface area contributed by atoms with Gasteiger partial charge >= 0.3 is 0 Å². The molecule has 208 valence electrons. The number of pyridine rings is 3. The van der Waals surface area contributed by atoms with Crippen LogP contribution in [0, 0.1) is 18.7 Å². The summed E-state index contributed by atoms with van der Waals surface area (Å²) in [6.45, 7) is 20.5. The number of H-pyrrole nitrogens is 1. The summed E-state index contributed by atoms with van der Waals surface area (Å²) < 4.78 is 16.1. The minimum atomic E-state index is -0.467. The zero-order valence-corrected chi connectivity index (χ0v) is 24.4. The molecule has 0 atom stereocenters. The molecule has 7 nitrogen and oxygen atoms in total. The lowest BCUT2D eigenvalue weighted by molar-refractivity contribution is 0.641. The molecule has 0 aliphatic carbocycles. The molecule has 0 saturated heterocycles. The van der Waals surface area contributed by atoms with Crippen LogP contribution in [0.4, 0.5) is 15.9 Å². The van der Waals surface area contributed by atoms with Gasteiger partial charge in [0.2, 0.25) is 0 Å². The number of aromatic amines is 1. The third kappa shape index (κ3) is 5.81. The van der Waals surface area contributed by atoms with E-state index in [-0.39, 0.29) is 11.0 Å². The van der Waals surface area contributed by atoms with E-state index in [4.69, 9.17) is 0 Å². The van der Waals surface area contributed by atoms with Crippen molar-refractivity contribution in [3.8, 4) is 21.6 Å². The average molecular weight is 566 g/mol. The third-order valence-corrected chi connectivity index (χ3v) is 7.89. The number of halogens is 1. The van der Waals surface area contributed by atoms with E-state index < -0.39 is 5.82 Å². The second kappa shape index (κ2) is 11.5. The first-order chi connectivity index (χ1) is 19.6. The Labute approximate surface area is 243 Å². The van der Waals surface area contributed by atoms with Crippen LogP contribution >= 0.6 is 11.3 Å². The molecule has 0 aliphatic heterocycles. The lowest BCUT2D eigenvalue weighted by Crippen LogP contribution is -2.04. The number of fused-ring (bicyclic) bond motifs is 1. The summed E-state index contributed by atoms with van der Waals surface area (Å²) in [7, 11) is 0. The monoisotopic (exact) mass is 565 g/mol. The van der Waals surface area contributed by atoms with Gasteiger partial charge < -0.3 is 10.6 Å². The van der Waals surface area contributed by atoms with Gasteiger partial charge in [-0.1, -0.05) is 33.6 Å². The molecule has 5 rings (SSSR count). The number of thiophene rings is 1. The molecular formula is C32H32FN7S. The highest BCUT2D eigenvalue weighted by molar-refractivity contribution is 7.16. The van der Waals surface area contributed by atoms with E-state index in [1.165, 1.54) is 6.20 Å². The average Bonchev–Trinajstić information content (AvgIpc) is 3.58. The Kier molecular flexibility index (Phi) is 7.81. The molecule has 5 heterocycles. The molecule has 5 aromatic heterocycles. The fourth-order valence-corrected chi connectivity index (χ4v) is 5.63. The number of anilines is 2. The third-order valence-electron chi connectivity index (χ3n) is 6.61. The lowest BCUT2D eigenvalue weighted by Gasteiger charge is -2.14. The molecule has 5 aromatic rings. The summed E-state index contributed by atoms with van der Waals surface area (Å²) in [5, 5.41) is 13.9. The Morgan fingerprint density at radius 2 is 1.85 bits per heavy atom. The van der Waals surface area contributed by atoms with Crippen molar-refractivity contribution in [2.24, 2.45) is 5.92 Å². The number of aromatic nitrogens is 5. The molecule has 9 heteroatoms. The van der Waals surface area contributed by atoms with Crippen LogP contribution in [0.2, 0.25) is 0 Å². The van der Waals surface area contributed by atoms with Crippen LogP contribution in [-0.2, 0) is 0 Å². The van der Waals surface area contributed by atoms with Gasteiger partial charge in [0.05, 0.1) is 28.7 Å². The molecule has 0 saturated carbocycles. The fraction of sp³-hybridized carbons (Fsp3) is 0.188. The SMILES string of the molecule is C=C(CC(C)C)Nc1cncc(-c2cnc3n[nH]c(C(=C)Nc4nccc(-c5ccc(C(=C)C)s5)c4C)c3c2F)c1. The summed E-state index contributed by atoms with van der Waals surface area (Å²) in [6.07, 6.45) is 7.33. The smallest absolute Gasteiger partial charge is 0.184 e. The normalized spacial score (nSPS) is 11.2. The maximum absolute atomic E-state index is 16.1. The van der Waals surface area contributed by atoms with Crippen LogP contribution in [-0.4, -0.2) is 25.1 Å². The van der Waals surface area contributed by atoms with Gasteiger partial charge in [0.15, 0.2) is 5.65 Å². The van der Waals surface area contributed by atoms with Crippen molar-refractivity contribution in [3.05, 3.63) is 96.4 Å². The van der Waals surface area contributed by atoms with E-state index in [1.54, 1.807) is 29.9 Å². The summed E-state index contributed by atoms with van der Waals surface area (Å²) in [4.78, 5) is 15.5. The van der Waals surface area contributed by atoms with Crippen LogP contribution in [0.15, 0.2) is 74.5 Å². The van der Waals surface area contributed by atoms with Gasteiger partial charge in [0.1, 0.15) is 11.6 Å². The topological polar surface area (TPSA) is 91.4 Å². The summed E-state index contributed by atoms with van der Waals surface area (Å²) in [6, 6.07) is 7.97. The number of nitrogens with zero attached hydrogens (tertiary/aromatic N) is 4. The maximum Gasteiger partial charge on any atom is 0.184 e. The summed E-state index contributed by atoms with van der Waals surface area (Å²) >= 11 is 1.68. The molecule has 0 spiro atoms. The zero-order chi connectivity index (χ0) is 29.3. The van der Waals surface area contributed by atoms with Crippen molar-refractivity contribution < 1.29 is 4.39 Å². The molecule has 0 fully saturated rings. The van der Waals surface area contributed by atoms with Crippen molar-refractivity contribution in [2.45, 2.75) is 34.1 Å². The number of hydrogen-bond acceptors (Lipinski definition) is 7. The Hall–Kier alpha value is -4.63. The molecule has 0 radical (unpaired) electrons. The summed E-state index contributed by atoms with van der Waals surface area (Å²) in [5.41, 5.74) is 6.58. The number of allylic oxidation sites excluding steroid dienone is 2. The van der Waals surface area contributed by atoms with Crippen LogP contribution in [0.1, 0.15) is 43.3 Å². The lowest BCUT2D eigenvalue weighted by atomic mass is 10.1. The van der Waals surface area contributed by atoms with Crippen molar-refractivity contribution in [1.29, 1.82) is 0 Å². The van der Waals surface area contributed by atoms with E-state index in [2.05, 4.69) is 81.5 Å². The highest BCUT2D eigenvalue weighted by Crippen LogP contribution is 2.36. The van der Waals surface area contributed by atoms with E-state index >= 15 is 4.39 Å². The van der Waals surface area contributed by atoms with Crippen molar-refractivity contribution in [3.63, 3.8) is 0 Å². The van der Waals surface area contributed by atoms with Crippen molar-refractivity contribution in [1.82, 2.24) is 25.1 Å². The zero-order valence-electron chi connectivity index (χ0n) is 23.6. The van der Waals surface area contributed by atoms with E-state index in [0.717, 1.165) is 44.3 Å². The van der Waals surface area contributed by atoms with Gasteiger partial charge in [-0.05, 0) is 61.6 Å². The number of rotatable bonds is 10. The minimum Gasteiger partial charge on any atom is -0.358 e. The number of nitrogens with one attached hydrogen (secondary N) is 3. The quantitative estimate of drug-likeness (QED) is 0.157. The Morgan fingerprint density at radius 1 is 1.05 bits per heavy atom.